The Morgan fingerprint density at radius 3 is 1.00 bits per heavy atom. The normalized spacial score (nSPS) is 11.5. The lowest BCUT2D eigenvalue weighted by Gasteiger charge is -2.14. The molecule has 0 saturated carbocycles. The van der Waals surface area contributed by atoms with Crippen LogP contribution in [0.25, 0.3) is 153 Å². The smallest absolute Gasteiger partial charge is 0.423 e. The Balaban J connectivity index is 0.000000117. The van der Waals surface area contributed by atoms with Gasteiger partial charge in [-0.2, -0.15) is 0 Å². The zero-order chi connectivity index (χ0) is 60.2. The standard InChI is InChI=1S/C42H27N.C22H14BrN.C20H15BO2/c1-2-13-31(14-3-1)43-41-21-11-10-19-36(41)40-27-39(35-18-8-9-20-37(35)42(40)43)29-24-22-28(23-25-29)38-26-30-12-4-5-15-32(30)33-16-6-7-17-34(33)38;23-20-14-19-17-11-6-7-13-21(17)24(15-8-2-1-3-9-15)22(19)18-12-5-4-10-16(18)20;22-21(23)16-11-9-14(10-12-16)20-13-15-5-1-2-6-17(15)18-7-3-4-8-19(18)20/h1-27H;1-14H;1-13,22-23H. The summed E-state index contributed by atoms with van der Waals surface area (Å²) in [5.74, 6) is 0. The molecule has 0 bridgehead atoms. The molecule has 0 fully saturated rings. The Morgan fingerprint density at radius 1 is 0.244 bits per heavy atom. The van der Waals surface area contributed by atoms with Crippen molar-refractivity contribution in [3.05, 3.63) is 332 Å². The summed E-state index contributed by atoms with van der Waals surface area (Å²) in [5.41, 5.74) is 15.1. The Bertz CT molecular complexity index is 5760. The monoisotopic (exact) mass is 1210 g/mol. The van der Waals surface area contributed by atoms with Crippen molar-refractivity contribution in [2.75, 3.05) is 0 Å². The highest BCUT2D eigenvalue weighted by atomic mass is 79.9. The van der Waals surface area contributed by atoms with Crippen LogP contribution in [0.15, 0.2) is 332 Å². The lowest BCUT2D eigenvalue weighted by atomic mass is 9.79. The summed E-state index contributed by atoms with van der Waals surface area (Å²) in [6, 6.07) is 116. The van der Waals surface area contributed by atoms with E-state index in [-0.39, 0.29) is 0 Å². The van der Waals surface area contributed by atoms with Gasteiger partial charge in [0, 0.05) is 48.2 Å². The summed E-state index contributed by atoms with van der Waals surface area (Å²) >= 11 is 3.76. The van der Waals surface area contributed by atoms with Crippen LogP contribution in [0.5, 0.6) is 0 Å². The number of hydrogen-bond acceptors (Lipinski definition) is 2. The quantitative estimate of drug-likeness (QED) is 0.129. The highest BCUT2D eigenvalue weighted by molar-refractivity contribution is 9.10. The van der Waals surface area contributed by atoms with E-state index in [1.165, 1.54) is 142 Å². The highest BCUT2D eigenvalue weighted by Gasteiger charge is 2.20. The first-order valence-electron chi connectivity index (χ1n) is 30.5. The maximum Gasteiger partial charge on any atom is 0.488 e. The van der Waals surface area contributed by atoms with Crippen LogP contribution in [0.2, 0.25) is 0 Å². The molecule has 0 aliphatic carbocycles. The van der Waals surface area contributed by atoms with Gasteiger partial charge in [-0.05, 0) is 153 Å². The van der Waals surface area contributed by atoms with Crippen LogP contribution < -0.4 is 5.46 Å². The second-order valence-corrected chi connectivity index (χ2v) is 23.9. The third-order valence-electron chi connectivity index (χ3n) is 17.9. The molecule has 0 unspecified atom stereocenters. The van der Waals surface area contributed by atoms with E-state index >= 15 is 0 Å². The summed E-state index contributed by atoms with van der Waals surface area (Å²) in [4.78, 5) is 0. The van der Waals surface area contributed by atoms with Crippen LogP contribution in [0, 0.1) is 0 Å². The molecule has 0 amide bonds. The Hall–Kier alpha value is -10.9. The SMILES string of the molecule is Brc1cc2c3ccccc3n(-c3ccccc3)c2c2ccccc12.OB(O)c1ccc(-c2cc3ccccc3c3ccccc23)cc1.c1ccc(-n2c3ccccc3c3cc(-c4ccc(-c5cc6ccccc6c6ccccc56)cc4)c4ccccc4c32)cc1. The minimum absolute atomic E-state index is 0.499. The van der Waals surface area contributed by atoms with Gasteiger partial charge in [-0.3, -0.25) is 0 Å². The third-order valence-corrected chi connectivity index (χ3v) is 18.5. The number of nitrogens with zero attached hydrogens (tertiary/aromatic N) is 2. The molecule has 0 radical (unpaired) electrons. The molecule has 0 aliphatic rings. The largest absolute Gasteiger partial charge is 0.488 e. The van der Waals surface area contributed by atoms with Gasteiger partial charge in [0.25, 0.3) is 0 Å². The maximum atomic E-state index is 9.25. The van der Waals surface area contributed by atoms with Crippen molar-refractivity contribution in [3.8, 4) is 44.8 Å². The van der Waals surface area contributed by atoms with Crippen LogP contribution in [0.4, 0.5) is 0 Å². The zero-order valence-electron chi connectivity index (χ0n) is 48.9. The van der Waals surface area contributed by atoms with E-state index in [4.69, 9.17) is 0 Å². The van der Waals surface area contributed by atoms with Crippen LogP contribution in [-0.2, 0) is 0 Å². The van der Waals surface area contributed by atoms with E-state index in [9.17, 15) is 10.0 Å². The molecule has 0 atom stereocenters. The van der Waals surface area contributed by atoms with Gasteiger partial charge in [-0.25, -0.2) is 0 Å². The van der Waals surface area contributed by atoms with Gasteiger partial charge in [-0.1, -0.05) is 283 Å². The Morgan fingerprint density at radius 2 is 0.556 bits per heavy atom. The molecule has 2 aromatic heterocycles. The molecule has 0 aliphatic heterocycles. The van der Waals surface area contributed by atoms with Crippen molar-refractivity contribution >= 4 is 137 Å². The Labute approximate surface area is 529 Å². The van der Waals surface area contributed by atoms with Gasteiger partial charge in [0.15, 0.2) is 0 Å². The first-order chi connectivity index (χ1) is 44.4. The second kappa shape index (κ2) is 23.0. The van der Waals surface area contributed by atoms with Crippen molar-refractivity contribution < 1.29 is 10.0 Å². The summed E-state index contributed by atoms with van der Waals surface area (Å²) in [5, 5.41) is 38.7. The molecule has 90 heavy (non-hydrogen) atoms. The fourth-order valence-corrected chi connectivity index (χ4v) is 14.4. The van der Waals surface area contributed by atoms with Crippen molar-refractivity contribution in [1.82, 2.24) is 9.13 Å². The van der Waals surface area contributed by atoms with E-state index in [0.29, 0.717) is 5.46 Å². The second-order valence-electron chi connectivity index (χ2n) is 23.0. The van der Waals surface area contributed by atoms with Crippen LogP contribution in [-0.4, -0.2) is 26.3 Å². The fourth-order valence-electron chi connectivity index (χ4n) is 13.8. The van der Waals surface area contributed by atoms with Crippen LogP contribution in [0.1, 0.15) is 0 Å². The topological polar surface area (TPSA) is 50.3 Å². The Kier molecular flexibility index (Phi) is 13.9. The maximum absolute atomic E-state index is 9.25. The molecule has 18 rings (SSSR count). The zero-order valence-corrected chi connectivity index (χ0v) is 50.5. The van der Waals surface area contributed by atoms with Gasteiger partial charge in [0.1, 0.15) is 0 Å². The molecule has 6 heteroatoms. The predicted octanol–water partition coefficient (Wildman–Crippen LogP) is 21.6. The van der Waals surface area contributed by atoms with Gasteiger partial charge in [-0.15, -0.1) is 0 Å². The summed E-state index contributed by atoms with van der Waals surface area (Å²) < 4.78 is 5.94. The number of para-hydroxylation sites is 4. The number of benzene rings is 16. The average molecular weight is 1220 g/mol. The number of rotatable bonds is 6. The minimum atomic E-state index is -1.43. The number of halogens is 1. The fraction of sp³-hybridized carbons (Fsp3) is 0. The van der Waals surface area contributed by atoms with Crippen LogP contribution in [0.3, 0.4) is 0 Å². The van der Waals surface area contributed by atoms with E-state index in [1.54, 1.807) is 12.1 Å². The number of hydrogen-bond donors (Lipinski definition) is 2. The predicted molar refractivity (Wildman–Crippen MR) is 387 cm³/mol. The highest BCUT2D eigenvalue weighted by Crippen LogP contribution is 2.44. The molecule has 18 aromatic rings. The van der Waals surface area contributed by atoms with Crippen LogP contribution >= 0.6 is 15.9 Å². The van der Waals surface area contributed by atoms with Crippen molar-refractivity contribution in [2.45, 2.75) is 0 Å². The number of aromatic nitrogens is 2. The van der Waals surface area contributed by atoms with Crippen molar-refractivity contribution in [1.29, 1.82) is 0 Å². The van der Waals surface area contributed by atoms with Gasteiger partial charge >= 0.3 is 7.12 Å². The van der Waals surface area contributed by atoms with Gasteiger partial charge in [0.2, 0.25) is 0 Å². The molecule has 0 spiro atoms. The molecule has 16 aromatic carbocycles. The van der Waals surface area contributed by atoms with E-state index in [1.807, 2.05) is 24.3 Å². The molecule has 2 heterocycles. The van der Waals surface area contributed by atoms with Crippen molar-refractivity contribution in [2.24, 2.45) is 0 Å². The van der Waals surface area contributed by atoms with Gasteiger partial charge < -0.3 is 19.2 Å². The van der Waals surface area contributed by atoms with Gasteiger partial charge in [0.05, 0.1) is 22.1 Å². The average Bonchev–Trinajstić information content (AvgIpc) is 1.69. The molecule has 424 valence electrons. The lowest BCUT2D eigenvalue weighted by molar-refractivity contribution is 0.426. The first kappa shape index (κ1) is 54.5. The first-order valence-corrected chi connectivity index (χ1v) is 31.3. The molecular weight excluding hydrogens is 1160 g/mol. The summed E-state index contributed by atoms with van der Waals surface area (Å²) in [7, 11) is -1.43. The van der Waals surface area contributed by atoms with E-state index < -0.39 is 7.12 Å². The summed E-state index contributed by atoms with van der Waals surface area (Å²) in [6.45, 7) is 0. The van der Waals surface area contributed by atoms with E-state index in [2.05, 4.69) is 316 Å². The molecule has 4 nitrogen and oxygen atoms in total. The van der Waals surface area contributed by atoms with E-state index in [0.717, 1.165) is 15.6 Å². The third kappa shape index (κ3) is 9.49. The van der Waals surface area contributed by atoms with Crippen molar-refractivity contribution in [3.63, 3.8) is 0 Å². The lowest BCUT2D eigenvalue weighted by Crippen LogP contribution is -2.29. The number of fused-ring (bicyclic) bond motifs is 16. The molecule has 2 N–H and O–H groups in total. The summed E-state index contributed by atoms with van der Waals surface area (Å²) in [6.07, 6.45) is 0. The molecular formula is C84H56BBrN2O2. The molecule has 0 saturated heterocycles. The minimum Gasteiger partial charge on any atom is -0.423 e.